The summed E-state index contributed by atoms with van der Waals surface area (Å²) < 4.78 is 0. The highest BCUT2D eigenvalue weighted by Crippen LogP contribution is 2.51. The molecule has 0 saturated heterocycles. The number of halogens is 1. The lowest BCUT2D eigenvalue weighted by molar-refractivity contribution is 0.424. The standard InChI is InChI=1S/C20H20ClN/c1-12-10-13(2)19-14-7-5-8-15(14)20(22-18(19)11-12)16-6-3-4-9-17(16)21/h3-7,9-11,14-15,20,22H,8H2,1-2H3/t14-,15-,20-/m0/s1. The number of hydrogen-bond donors (Lipinski definition) is 1. The summed E-state index contributed by atoms with van der Waals surface area (Å²) in [6, 6.07) is 13.1. The maximum atomic E-state index is 6.48. The third-order valence-corrected chi connectivity index (χ3v) is 5.40. The molecular weight excluding hydrogens is 290 g/mol. The van der Waals surface area contributed by atoms with Gasteiger partial charge in [-0.15, -0.1) is 0 Å². The van der Waals surface area contributed by atoms with Crippen molar-refractivity contribution in [1.82, 2.24) is 0 Å². The highest BCUT2D eigenvalue weighted by Gasteiger charge is 2.39. The van der Waals surface area contributed by atoms with Gasteiger partial charge in [0.25, 0.3) is 0 Å². The molecule has 0 spiro atoms. The van der Waals surface area contributed by atoms with Crippen molar-refractivity contribution >= 4 is 17.3 Å². The maximum Gasteiger partial charge on any atom is 0.0568 e. The van der Waals surface area contributed by atoms with Gasteiger partial charge < -0.3 is 5.32 Å². The predicted molar refractivity (Wildman–Crippen MR) is 93.7 cm³/mol. The fourth-order valence-corrected chi connectivity index (χ4v) is 4.43. The Morgan fingerprint density at radius 1 is 1.14 bits per heavy atom. The Balaban J connectivity index is 1.86. The molecule has 0 bridgehead atoms. The molecule has 1 aliphatic heterocycles. The van der Waals surface area contributed by atoms with Gasteiger partial charge in [0.1, 0.15) is 0 Å². The van der Waals surface area contributed by atoms with Gasteiger partial charge in [0, 0.05) is 16.6 Å². The molecule has 0 fully saturated rings. The molecule has 1 nitrogen and oxygen atoms in total. The minimum atomic E-state index is 0.280. The summed E-state index contributed by atoms with van der Waals surface area (Å²) in [5.74, 6) is 1.05. The van der Waals surface area contributed by atoms with Crippen LogP contribution in [0.15, 0.2) is 48.6 Å². The van der Waals surface area contributed by atoms with Crippen molar-refractivity contribution in [2.45, 2.75) is 32.2 Å². The lowest BCUT2D eigenvalue weighted by Crippen LogP contribution is -2.29. The topological polar surface area (TPSA) is 12.0 Å². The summed E-state index contributed by atoms with van der Waals surface area (Å²) in [7, 11) is 0. The smallest absolute Gasteiger partial charge is 0.0568 e. The lowest BCUT2D eigenvalue weighted by Gasteiger charge is -2.39. The first kappa shape index (κ1) is 13.9. The Hall–Kier alpha value is -1.73. The zero-order valence-electron chi connectivity index (χ0n) is 12.9. The van der Waals surface area contributed by atoms with Crippen molar-refractivity contribution in [3.8, 4) is 0 Å². The van der Waals surface area contributed by atoms with Gasteiger partial charge in [-0.1, -0.05) is 48.0 Å². The summed E-state index contributed by atoms with van der Waals surface area (Å²) in [6.07, 6.45) is 5.83. The Bertz CT molecular complexity index is 762. The third kappa shape index (κ3) is 2.07. The van der Waals surface area contributed by atoms with E-state index in [-0.39, 0.29) is 6.04 Å². The van der Waals surface area contributed by atoms with Crippen LogP contribution in [0.4, 0.5) is 5.69 Å². The molecule has 2 aromatic rings. The minimum absolute atomic E-state index is 0.280. The van der Waals surface area contributed by atoms with Gasteiger partial charge >= 0.3 is 0 Å². The lowest BCUT2D eigenvalue weighted by atomic mass is 9.75. The molecule has 1 aliphatic carbocycles. The van der Waals surface area contributed by atoms with E-state index in [2.05, 4.69) is 55.6 Å². The number of aryl methyl sites for hydroxylation is 2. The van der Waals surface area contributed by atoms with Crippen LogP contribution in [0.5, 0.6) is 0 Å². The van der Waals surface area contributed by atoms with Crippen LogP contribution in [-0.4, -0.2) is 0 Å². The van der Waals surface area contributed by atoms with Crippen molar-refractivity contribution in [2.75, 3.05) is 5.32 Å². The summed E-state index contributed by atoms with van der Waals surface area (Å²) >= 11 is 6.48. The van der Waals surface area contributed by atoms with Crippen LogP contribution in [0.2, 0.25) is 5.02 Å². The van der Waals surface area contributed by atoms with Gasteiger partial charge in [-0.05, 0) is 60.6 Å². The molecule has 112 valence electrons. The van der Waals surface area contributed by atoms with Gasteiger partial charge in [-0.25, -0.2) is 0 Å². The number of benzene rings is 2. The molecule has 1 N–H and O–H groups in total. The average Bonchev–Trinajstić information content (AvgIpc) is 2.95. The first-order valence-electron chi connectivity index (χ1n) is 7.94. The second-order valence-corrected chi connectivity index (χ2v) is 6.95. The van der Waals surface area contributed by atoms with E-state index in [4.69, 9.17) is 11.6 Å². The Morgan fingerprint density at radius 3 is 2.77 bits per heavy atom. The van der Waals surface area contributed by atoms with Crippen LogP contribution in [0, 0.1) is 19.8 Å². The van der Waals surface area contributed by atoms with E-state index < -0.39 is 0 Å². The van der Waals surface area contributed by atoms with Gasteiger partial charge in [-0.3, -0.25) is 0 Å². The summed E-state index contributed by atoms with van der Waals surface area (Å²) in [5.41, 5.74) is 6.65. The van der Waals surface area contributed by atoms with Gasteiger partial charge in [0.15, 0.2) is 0 Å². The van der Waals surface area contributed by atoms with Crippen LogP contribution in [0.25, 0.3) is 0 Å². The summed E-state index contributed by atoms with van der Waals surface area (Å²) in [6.45, 7) is 4.39. The Labute approximate surface area is 137 Å². The van der Waals surface area contributed by atoms with Crippen LogP contribution in [0.1, 0.15) is 40.6 Å². The first-order chi connectivity index (χ1) is 10.6. The summed E-state index contributed by atoms with van der Waals surface area (Å²) in [5, 5.41) is 4.64. The Morgan fingerprint density at radius 2 is 1.95 bits per heavy atom. The quantitative estimate of drug-likeness (QED) is 0.658. The van der Waals surface area contributed by atoms with Gasteiger partial charge in [0.2, 0.25) is 0 Å². The van der Waals surface area contributed by atoms with Crippen LogP contribution in [-0.2, 0) is 0 Å². The second kappa shape index (κ2) is 5.17. The molecule has 1 heterocycles. The van der Waals surface area contributed by atoms with Crippen LogP contribution >= 0.6 is 11.6 Å². The van der Waals surface area contributed by atoms with Crippen molar-refractivity contribution in [1.29, 1.82) is 0 Å². The number of rotatable bonds is 1. The van der Waals surface area contributed by atoms with E-state index in [1.54, 1.807) is 0 Å². The van der Waals surface area contributed by atoms with Crippen molar-refractivity contribution < 1.29 is 0 Å². The molecule has 2 aliphatic rings. The number of nitrogens with one attached hydrogen (secondary N) is 1. The van der Waals surface area contributed by atoms with E-state index in [0.29, 0.717) is 11.8 Å². The monoisotopic (exact) mass is 309 g/mol. The molecule has 2 heteroatoms. The molecule has 0 unspecified atom stereocenters. The van der Waals surface area contributed by atoms with Crippen LogP contribution in [0.3, 0.4) is 0 Å². The van der Waals surface area contributed by atoms with Crippen molar-refractivity contribution in [2.24, 2.45) is 5.92 Å². The Kier molecular flexibility index (Phi) is 3.27. The zero-order valence-corrected chi connectivity index (χ0v) is 13.7. The average molecular weight is 310 g/mol. The largest absolute Gasteiger partial charge is 0.378 e. The highest BCUT2D eigenvalue weighted by molar-refractivity contribution is 6.31. The van der Waals surface area contributed by atoms with E-state index in [1.807, 2.05) is 12.1 Å². The SMILES string of the molecule is Cc1cc(C)c2c(c1)N[C@H](c1ccccc1Cl)[C@H]1CC=C[C@H]21. The normalized spacial score (nSPS) is 25.5. The fraction of sp³-hybridized carbons (Fsp3) is 0.300. The number of anilines is 1. The molecule has 22 heavy (non-hydrogen) atoms. The molecule has 0 amide bonds. The minimum Gasteiger partial charge on any atom is -0.378 e. The predicted octanol–water partition coefficient (Wildman–Crippen LogP) is 5.78. The third-order valence-electron chi connectivity index (χ3n) is 5.06. The maximum absolute atomic E-state index is 6.48. The fourth-order valence-electron chi connectivity index (χ4n) is 4.18. The van der Waals surface area contributed by atoms with E-state index >= 15 is 0 Å². The second-order valence-electron chi connectivity index (χ2n) is 6.54. The van der Waals surface area contributed by atoms with E-state index in [1.165, 1.54) is 27.9 Å². The molecule has 3 atom stereocenters. The van der Waals surface area contributed by atoms with Gasteiger partial charge in [-0.2, -0.15) is 0 Å². The van der Waals surface area contributed by atoms with Crippen molar-refractivity contribution in [3.05, 3.63) is 75.8 Å². The van der Waals surface area contributed by atoms with E-state index in [9.17, 15) is 0 Å². The molecule has 0 aromatic heterocycles. The molecule has 4 rings (SSSR count). The first-order valence-corrected chi connectivity index (χ1v) is 8.31. The highest BCUT2D eigenvalue weighted by atomic mass is 35.5. The number of allylic oxidation sites excluding steroid dienone is 2. The van der Waals surface area contributed by atoms with Gasteiger partial charge in [0.05, 0.1) is 6.04 Å². The van der Waals surface area contributed by atoms with E-state index in [0.717, 1.165) is 11.4 Å². The number of fused-ring (bicyclic) bond motifs is 3. The molecule has 0 saturated carbocycles. The molecule has 0 radical (unpaired) electrons. The summed E-state index contributed by atoms with van der Waals surface area (Å²) in [4.78, 5) is 0. The zero-order chi connectivity index (χ0) is 15.3. The molecule has 2 aromatic carbocycles. The molecular formula is C20H20ClN. The number of hydrogen-bond acceptors (Lipinski definition) is 1. The van der Waals surface area contributed by atoms with Crippen LogP contribution < -0.4 is 5.32 Å². The van der Waals surface area contributed by atoms with Crippen molar-refractivity contribution in [3.63, 3.8) is 0 Å².